The van der Waals surface area contributed by atoms with Crippen molar-refractivity contribution in [1.29, 1.82) is 0 Å². The minimum Gasteiger partial charge on any atom is -0.383 e. The van der Waals surface area contributed by atoms with Gasteiger partial charge in [0.2, 0.25) is 5.91 Å². The third-order valence-corrected chi connectivity index (χ3v) is 6.87. The molecule has 0 radical (unpaired) electrons. The number of rotatable bonds is 9. The zero-order valence-corrected chi connectivity index (χ0v) is 17.8. The molecule has 4 rings (SSSR count). The van der Waals surface area contributed by atoms with Gasteiger partial charge in [-0.1, -0.05) is 23.9 Å². The van der Waals surface area contributed by atoms with Crippen molar-refractivity contribution in [3.8, 4) is 10.7 Å². The summed E-state index contributed by atoms with van der Waals surface area (Å²) >= 11 is 3.18. The monoisotopic (exact) mass is 418 g/mol. The summed E-state index contributed by atoms with van der Waals surface area (Å²) in [5, 5.41) is 11.7. The van der Waals surface area contributed by atoms with Crippen molar-refractivity contribution in [3.05, 3.63) is 29.3 Å². The molecule has 150 valence electrons. The SMILES string of the molecule is COCCN(C(=O)CSc1nnc(-c2cccs2)n1C1CC1)C1=CCCCC1. The molecule has 0 unspecified atom stereocenters. The van der Waals surface area contributed by atoms with E-state index >= 15 is 0 Å². The summed E-state index contributed by atoms with van der Waals surface area (Å²) in [6, 6.07) is 4.58. The van der Waals surface area contributed by atoms with Crippen molar-refractivity contribution in [2.24, 2.45) is 0 Å². The molecular formula is C20H26N4O2S2. The lowest BCUT2D eigenvalue weighted by Crippen LogP contribution is -2.35. The van der Waals surface area contributed by atoms with E-state index in [9.17, 15) is 4.79 Å². The molecule has 0 bridgehead atoms. The lowest BCUT2D eigenvalue weighted by atomic mass is 10.0. The predicted molar refractivity (Wildman–Crippen MR) is 112 cm³/mol. The second-order valence-corrected chi connectivity index (χ2v) is 9.04. The zero-order valence-electron chi connectivity index (χ0n) is 16.2. The third kappa shape index (κ3) is 4.50. The van der Waals surface area contributed by atoms with Crippen molar-refractivity contribution in [2.45, 2.75) is 49.7 Å². The topological polar surface area (TPSA) is 60.2 Å². The molecule has 6 nitrogen and oxygen atoms in total. The molecule has 28 heavy (non-hydrogen) atoms. The number of aromatic nitrogens is 3. The van der Waals surface area contributed by atoms with Gasteiger partial charge in [-0.25, -0.2) is 0 Å². The number of methoxy groups -OCH3 is 1. The standard InChI is InChI=1S/C20H26N4O2S2/c1-26-12-11-23(15-6-3-2-4-7-15)18(25)14-28-20-22-21-19(17-8-5-13-27-17)24(20)16-9-10-16/h5-6,8,13,16H,2-4,7,9-12,14H2,1H3. The highest BCUT2D eigenvalue weighted by Gasteiger charge is 2.31. The lowest BCUT2D eigenvalue weighted by molar-refractivity contribution is -0.127. The Labute approximate surface area is 174 Å². The van der Waals surface area contributed by atoms with Crippen molar-refractivity contribution in [2.75, 3.05) is 26.0 Å². The van der Waals surface area contributed by atoms with E-state index in [0.29, 0.717) is 24.9 Å². The fraction of sp³-hybridized carbons (Fsp3) is 0.550. The number of carbonyl (C=O) groups excluding carboxylic acids is 1. The van der Waals surface area contributed by atoms with Crippen molar-refractivity contribution >= 4 is 29.0 Å². The summed E-state index contributed by atoms with van der Waals surface area (Å²) < 4.78 is 7.45. The van der Waals surface area contributed by atoms with Gasteiger partial charge < -0.3 is 9.64 Å². The fourth-order valence-electron chi connectivity index (χ4n) is 3.49. The Morgan fingerprint density at radius 3 is 2.96 bits per heavy atom. The number of thioether (sulfide) groups is 1. The van der Waals surface area contributed by atoms with E-state index < -0.39 is 0 Å². The number of ether oxygens (including phenoxy) is 1. The summed E-state index contributed by atoms with van der Waals surface area (Å²) in [5.41, 5.74) is 1.15. The Morgan fingerprint density at radius 1 is 1.39 bits per heavy atom. The second kappa shape index (κ2) is 9.24. The maximum atomic E-state index is 13.0. The average molecular weight is 419 g/mol. The smallest absolute Gasteiger partial charge is 0.237 e. The molecule has 0 aliphatic heterocycles. The molecule has 1 fully saturated rings. The van der Waals surface area contributed by atoms with Crippen LogP contribution in [0.1, 0.15) is 44.6 Å². The number of thiophene rings is 1. The van der Waals surface area contributed by atoms with Gasteiger partial charge in [0.25, 0.3) is 0 Å². The number of nitrogens with zero attached hydrogens (tertiary/aromatic N) is 4. The van der Waals surface area contributed by atoms with Crippen LogP contribution in [0.2, 0.25) is 0 Å². The highest BCUT2D eigenvalue weighted by Crippen LogP contribution is 2.41. The quantitative estimate of drug-likeness (QED) is 0.566. The molecule has 0 N–H and O–H groups in total. The molecule has 0 saturated heterocycles. The van der Waals surface area contributed by atoms with E-state index in [1.807, 2.05) is 11.0 Å². The maximum Gasteiger partial charge on any atom is 0.237 e. The van der Waals surface area contributed by atoms with Crippen LogP contribution in [0, 0.1) is 0 Å². The van der Waals surface area contributed by atoms with Gasteiger partial charge in [-0.2, -0.15) is 0 Å². The summed E-state index contributed by atoms with van der Waals surface area (Å²) in [7, 11) is 1.68. The van der Waals surface area contributed by atoms with Crippen molar-refractivity contribution in [3.63, 3.8) is 0 Å². The Morgan fingerprint density at radius 2 is 2.29 bits per heavy atom. The Kier molecular flexibility index (Phi) is 6.49. The van der Waals surface area contributed by atoms with Crippen LogP contribution in [0.4, 0.5) is 0 Å². The van der Waals surface area contributed by atoms with Gasteiger partial charge in [-0.3, -0.25) is 9.36 Å². The molecule has 2 aromatic heterocycles. The summed E-state index contributed by atoms with van der Waals surface area (Å²) in [6.45, 7) is 1.16. The second-order valence-electron chi connectivity index (χ2n) is 7.15. The minimum atomic E-state index is 0.123. The number of hydrogen-bond donors (Lipinski definition) is 0. The van der Waals surface area contributed by atoms with E-state index in [0.717, 1.165) is 53.7 Å². The largest absolute Gasteiger partial charge is 0.383 e. The molecule has 2 aliphatic carbocycles. The van der Waals surface area contributed by atoms with E-state index in [2.05, 4.69) is 32.3 Å². The van der Waals surface area contributed by atoms with Crippen LogP contribution in [-0.4, -0.2) is 51.6 Å². The number of carbonyl (C=O) groups is 1. The molecule has 2 aromatic rings. The van der Waals surface area contributed by atoms with Crippen molar-refractivity contribution < 1.29 is 9.53 Å². The Hall–Kier alpha value is -1.64. The highest BCUT2D eigenvalue weighted by molar-refractivity contribution is 7.99. The van der Waals surface area contributed by atoms with Crippen LogP contribution in [0.15, 0.2) is 34.4 Å². The average Bonchev–Trinajstić information content (AvgIpc) is 3.25. The molecule has 0 spiro atoms. The van der Waals surface area contributed by atoms with Gasteiger partial charge in [0.05, 0.1) is 17.2 Å². The maximum absolute atomic E-state index is 13.0. The van der Waals surface area contributed by atoms with Crippen LogP contribution in [0.3, 0.4) is 0 Å². The van der Waals surface area contributed by atoms with Gasteiger partial charge in [0.15, 0.2) is 11.0 Å². The van der Waals surface area contributed by atoms with Crippen molar-refractivity contribution in [1.82, 2.24) is 19.7 Å². The van der Waals surface area contributed by atoms with Gasteiger partial charge in [0, 0.05) is 25.4 Å². The molecule has 1 amide bonds. The fourth-order valence-corrected chi connectivity index (χ4v) is 5.08. The molecule has 1 saturated carbocycles. The van der Waals surface area contributed by atoms with Crippen LogP contribution in [-0.2, 0) is 9.53 Å². The van der Waals surface area contributed by atoms with Gasteiger partial charge >= 0.3 is 0 Å². The highest BCUT2D eigenvalue weighted by atomic mass is 32.2. The number of allylic oxidation sites excluding steroid dienone is 2. The third-order valence-electron chi connectivity index (χ3n) is 5.08. The van der Waals surface area contributed by atoms with E-state index in [1.165, 1.54) is 18.2 Å². The van der Waals surface area contributed by atoms with Crippen LogP contribution in [0.25, 0.3) is 10.7 Å². The van der Waals surface area contributed by atoms with Gasteiger partial charge in [0.1, 0.15) is 0 Å². The lowest BCUT2D eigenvalue weighted by Gasteiger charge is -2.27. The van der Waals surface area contributed by atoms with E-state index in [1.54, 1.807) is 18.4 Å². The summed E-state index contributed by atoms with van der Waals surface area (Å²) in [4.78, 5) is 16.0. The molecule has 0 atom stereocenters. The van der Waals surface area contributed by atoms with E-state index in [-0.39, 0.29) is 5.91 Å². The Bertz CT molecular complexity index is 827. The first kappa shape index (κ1) is 19.7. The summed E-state index contributed by atoms with van der Waals surface area (Å²) in [5.74, 6) is 1.42. The number of amides is 1. The molecule has 8 heteroatoms. The van der Waals surface area contributed by atoms with Crippen LogP contribution in [0.5, 0.6) is 0 Å². The summed E-state index contributed by atoms with van der Waals surface area (Å²) in [6.07, 6.45) is 8.91. The van der Waals surface area contributed by atoms with Gasteiger partial charge in [-0.15, -0.1) is 21.5 Å². The molecule has 2 heterocycles. The van der Waals surface area contributed by atoms with E-state index in [4.69, 9.17) is 4.74 Å². The molecule has 2 aliphatic rings. The van der Waals surface area contributed by atoms with Crippen LogP contribution >= 0.6 is 23.1 Å². The molecule has 0 aromatic carbocycles. The van der Waals surface area contributed by atoms with Gasteiger partial charge in [-0.05, 0) is 50.0 Å². The first-order valence-electron chi connectivity index (χ1n) is 9.88. The predicted octanol–water partition coefficient (Wildman–Crippen LogP) is 4.37. The first-order chi connectivity index (χ1) is 13.8. The zero-order chi connectivity index (χ0) is 19.3. The first-order valence-corrected chi connectivity index (χ1v) is 11.7. The van der Waals surface area contributed by atoms with Crippen LogP contribution < -0.4 is 0 Å². The minimum absolute atomic E-state index is 0.123. The Balaban J connectivity index is 1.47. The normalized spacial score (nSPS) is 16.8. The number of hydrogen-bond acceptors (Lipinski definition) is 6. The molecular weight excluding hydrogens is 392 g/mol.